The predicted octanol–water partition coefficient (Wildman–Crippen LogP) is 3.94. The Bertz CT molecular complexity index is 423. The SMILES string of the molecule is CN(Cc1ccc(Cl)c(Cl)c1)C1CCCCC1CN. The summed E-state index contributed by atoms with van der Waals surface area (Å²) in [5.74, 6) is 0.626. The number of nitrogens with two attached hydrogens (primary N) is 1. The van der Waals surface area contributed by atoms with Crippen LogP contribution in [-0.2, 0) is 6.54 Å². The molecule has 0 amide bonds. The normalized spacial score (nSPS) is 23.8. The molecular formula is C15H22Cl2N2. The van der Waals surface area contributed by atoms with Crippen LogP contribution >= 0.6 is 23.2 Å². The van der Waals surface area contributed by atoms with Gasteiger partial charge in [0.2, 0.25) is 0 Å². The van der Waals surface area contributed by atoms with Gasteiger partial charge in [0.05, 0.1) is 10.0 Å². The average molecular weight is 301 g/mol. The van der Waals surface area contributed by atoms with Gasteiger partial charge >= 0.3 is 0 Å². The first-order valence-electron chi connectivity index (χ1n) is 6.96. The quantitative estimate of drug-likeness (QED) is 0.912. The van der Waals surface area contributed by atoms with Gasteiger partial charge in [0.1, 0.15) is 0 Å². The zero-order chi connectivity index (χ0) is 13.8. The molecule has 0 radical (unpaired) electrons. The average Bonchev–Trinajstić information content (AvgIpc) is 2.43. The summed E-state index contributed by atoms with van der Waals surface area (Å²) in [4.78, 5) is 2.41. The summed E-state index contributed by atoms with van der Waals surface area (Å²) >= 11 is 12.0. The van der Waals surface area contributed by atoms with Crippen LogP contribution in [0.15, 0.2) is 18.2 Å². The van der Waals surface area contributed by atoms with Crippen LogP contribution in [0.2, 0.25) is 10.0 Å². The molecule has 19 heavy (non-hydrogen) atoms. The lowest BCUT2D eigenvalue weighted by atomic mass is 9.83. The molecule has 0 heterocycles. The van der Waals surface area contributed by atoms with Crippen LogP contribution in [0.1, 0.15) is 31.2 Å². The predicted molar refractivity (Wildman–Crippen MR) is 82.7 cm³/mol. The molecule has 1 aliphatic carbocycles. The second-order valence-electron chi connectivity index (χ2n) is 5.51. The van der Waals surface area contributed by atoms with E-state index in [0.717, 1.165) is 13.1 Å². The van der Waals surface area contributed by atoms with Crippen molar-refractivity contribution in [3.8, 4) is 0 Å². The molecule has 1 aromatic carbocycles. The zero-order valence-corrected chi connectivity index (χ0v) is 12.9. The van der Waals surface area contributed by atoms with Gasteiger partial charge in [-0.25, -0.2) is 0 Å². The molecule has 4 heteroatoms. The lowest BCUT2D eigenvalue weighted by Crippen LogP contribution is -2.42. The molecule has 0 aliphatic heterocycles. The summed E-state index contributed by atoms with van der Waals surface area (Å²) in [7, 11) is 2.18. The minimum absolute atomic E-state index is 0.591. The molecule has 2 atom stereocenters. The summed E-state index contributed by atoms with van der Waals surface area (Å²) in [5.41, 5.74) is 7.11. The molecule has 0 spiro atoms. The number of rotatable bonds is 4. The number of halogens is 2. The van der Waals surface area contributed by atoms with Crippen LogP contribution in [0.5, 0.6) is 0 Å². The highest BCUT2D eigenvalue weighted by atomic mass is 35.5. The zero-order valence-electron chi connectivity index (χ0n) is 11.4. The lowest BCUT2D eigenvalue weighted by molar-refractivity contribution is 0.127. The highest BCUT2D eigenvalue weighted by molar-refractivity contribution is 6.42. The second kappa shape index (κ2) is 6.94. The summed E-state index contributed by atoms with van der Waals surface area (Å²) in [6.45, 7) is 1.69. The third-order valence-electron chi connectivity index (χ3n) is 4.15. The Balaban J connectivity index is 2.02. The number of benzene rings is 1. The van der Waals surface area contributed by atoms with Gasteiger partial charge in [-0.2, -0.15) is 0 Å². The highest BCUT2D eigenvalue weighted by Gasteiger charge is 2.27. The van der Waals surface area contributed by atoms with Crippen LogP contribution in [0.25, 0.3) is 0 Å². The van der Waals surface area contributed by atoms with E-state index in [1.54, 1.807) is 0 Å². The molecule has 1 aliphatic rings. The third-order valence-corrected chi connectivity index (χ3v) is 4.89. The van der Waals surface area contributed by atoms with Crippen molar-refractivity contribution in [1.29, 1.82) is 0 Å². The molecule has 1 aromatic rings. The van der Waals surface area contributed by atoms with E-state index in [-0.39, 0.29) is 0 Å². The van der Waals surface area contributed by atoms with Crippen molar-refractivity contribution in [2.45, 2.75) is 38.3 Å². The first-order valence-corrected chi connectivity index (χ1v) is 7.71. The first kappa shape index (κ1) is 15.1. The fourth-order valence-corrected chi connectivity index (χ4v) is 3.41. The van der Waals surface area contributed by atoms with Crippen LogP contribution < -0.4 is 5.73 Å². The Hall–Kier alpha value is -0.280. The largest absolute Gasteiger partial charge is 0.330 e. The van der Waals surface area contributed by atoms with Gasteiger partial charge in [-0.1, -0.05) is 42.1 Å². The Morgan fingerprint density at radius 1 is 1.21 bits per heavy atom. The smallest absolute Gasteiger partial charge is 0.0595 e. The standard InChI is InChI=1S/C15H22Cl2N2/c1-19(15-5-3-2-4-12(15)9-18)10-11-6-7-13(16)14(17)8-11/h6-8,12,15H,2-5,9-10,18H2,1H3. The molecular weight excluding hydrogens is 279 g/mol. The Morgan fingerprint density at radius 2 is 1.95 bits per heavy atom. The summed E-state index contributed by atoms with van der Waals surface area (Å²) < 4.78 is 0. The van der Waals surface area contributed by atoms with E-state index in [1.807, 2.05) is 18.2 Å². The van der Waals surface area contributed by atoms with E-state index in [2.05, 4.69) is 11.9 Å². The molecule has 2 rings (SSSR count). The molecule has 0 bridgehead atoms. The van der Waals surface area contributed by atoms with E-state index in [0.29, 0.717) is 22.0 Å². The first-order chi connectivity index (χ1) is 9.11. The summed E-state index contributed by atoms with van der Waals surface area (Å²) in [6.07, 6.45) is 5.14. The van der Waals surface area contributed by atoms with E-state index in [4.69, 9.17) is 28.9 Å². The van der Waals surface area contributed by atoms with E-state index in [1.165, 1.54) is 31.2 Å². The van der Waals surface area contributed by atoms with Crippen molar-refractivity contribution in [1.82, 2.24) is 4.90 Å². The molecule has 2 nitrogen and oxygen atoms in total. The molecule has 2 N–H and O–H groups in total. The Kier molecular flexibility index (Phi) is 5.52. The van der Waals surface area contributed by atoms with Crippen LogP contribution in [0.3, 0.4) is 0 Å². The number of nitrogens with zero attached hydrogens (tertiary/aromatic N) is 1. The summed E-state index contributed by atoms with van der Waals surface area (Å²) in [6, 6.07) is 6.47. The van der Waals surface area contributed by atoms with Crippen molar-refractivity contribution in [2.75, 3.05) is 13.6 Å². The fraction of sp³-hybridized carbons (Fsp3) is 0.600. The number of hydrogen-bond acceptors (Lipinski definition) is 2. The maximum atomic E-state index is 6.07. The number of hydrogen-bond donors (Lipinski definition) is 1. The fourth-order valence-electron chi connectivity index (χ4n) is 3.09. The van der Waals surface area contributed by atoms with Crippen molar-refractivity contribution in [2.24, 2.45) is 11.7 Å². The van der Waals surface area contributed by atoms with Gasteiger partial charge in [0.25, 0.3) is 0 Å². The minimum atomic E-state index is 0.591. The highest BCUT2D eigenvalue weighted by Crippen LogP contribution is 2.29. The van der Waals surface area contributed by atoms with Gasteiger partial charge in [0.15, 0.2) is 0 Å². The topological polar surface area (TPSA) is 29.3 Å². The van der Waals surface area contributed by atoms with Crippen molar-refractivity contribution < 1.29 is 0 Å². The van der Waals surface area contributed by atoms with Gasteiger partial charge in [-0.3, -0.25) is 4.90 Å². The third kappa shape index (κ3) is 3.85. The monoisotopic (exact) mass is 300 g/mol. The molecule has 2 unspecified atom stereocenters. The van der Waals surface area contributed by atoms with Crippen molar-refractivity contribution >= 4 is 23.2 Å². The van der Waals surface area contributed by atoms with Crippen LogP contribution in [-0.4, -0.2) is 24.5 Å². The van der Waals surface area contributed by atoms with Gasteiger partial charge in [-0.05, 0) is 50.0 Å². The van der Waals surface area contributed by atoms with Gasteiger partial charge in [0, 0.05) is 12.6 Å². The molecule has 1 fully saturated rings. The Morgan fingerprint density at radius 3 is 2.63 bits per heavy atom. The second-order valence-corrected chi connectivity index (χ2v) is 6.33. The minimum Gasteiger partial charge on any atom is -0.330 e. The molecule has 1 saturated carbocycles. The van der Waals surface area contributed by atoms with Crippen LogP contribution in [0.4, 0.5) is 0 Å². The van der Waals surface area contributed by atoms with Crippen LogP contribution in [0, 0.1) is 5.92 Å². The van der Waals surface area contributed by atoms with E-state index >= 15 is 0 Å². The van der Waals surface area contributed by atoms with Crippen molar-refractivity contribution in [3.05, 3.63) is 33.8 Å². The van der Waals surface area contributed by atoms with Gasteiger partial charge < -0.3 is 5.73 Å². The van der Waals surface area contributed by atoms with Crippen molar-refractivity contribution in [3.63, 3.8) is 0 Å². The maximum absolute atomic E-state index is 6.07. The summed E-state index contributed by atoms with van der Waals surface area (Å²) in [5, 5.41) is 1.25. The molecule has 0 aromatic heterocycles. The van der Waals surface area contributed by atoms with Gasteiger partial charge in [-0.15, -0.1) is 0 Å². The van der Waals surface area contributed by atoms with E-state index in [9.17, 15) is 0 Å². The van der Waals surface area contributed by atoms with E-state index < -0.39 is 0 Å². The lowest BCUT2D eigenvalue weighted by Gasteiger charge is -2.37. The Labute approximate surface area is 125 Å². The molecule has 106 valence electrons. The maximum Gasteiger partial charge on any atom is 0.0595 e. The molecule has 0 saturated heterocycles.